The molecule has 1 aromatic carbocycles. The molecular formula is C16H26N4O. The predicted octanol–water partition coefficient (Wildman–Crippen LogP) is 2.26. The lowest BCUT2D eigenvalue weighted by molar-refractivity contribution is 0.271. The summed E-state index contributed by atoms with van der Waals surface area (Å²) in [5.41, 5.74) is 6.84. The van der Waals surface area contributed by atoms with E-state index in [9.17, 15) is 0 Å². The molecule has 0 amide bonds. The molecule has 4 N–H and O–H groups in total. The average molecular weight is 290 g/mol. The molecule has 5 heteroatoms. The first-order valence-electron chi connectivity index (χ1n) is 7.30. The van der Waals surface area contributed by atoms with Crippen LogP contribution >= 0.6 is 0 Å². The van der Waals surface area contributed by atoms with Crippen molar-refractivity contribution in [2.45, 2.75) is 38.8 Å². The molecule has 0 heterocycles. The third-order valence-electron chi connectivity index (χ3n) is 3.52. The van der Waals surface area contributed by atoms with E-state index >= 15 is 0 Å². The van der Waals surface area contributed by atoms with E-state index in [0.717, 1.165) is 19.4 Å². The quantitative estimate of drug-likeness (QED) is 0.532. The van der Waals surface area contributed by atoms with Crippen LogP contribution < -0.4 is 5.73 Å². The second-order valence-corrected chi connectivity index (χ2v) is 5.23. The maximum Gasteiger partial charge on any atom is 0.206 e. The molecule has 2 atom stereocenters. The SMILES string of the molecule is CCN(C)C(CCc1ccccc1)C(=N)OC(=N)[C@H](C)N. The molecule has 1 aromatic rings. The van der Waals surface area contributed by atoms with Gasteiger partial charge in [0.1, 0.15) is 0 Å². The molecule has 0 aliphatic heterocycles. The van der Waals surface area contributed by atoms with Gasteiger partial charge in [0.05, 0.1) is 12.1 Å². The fourth-order valence-electron chi connectivity index (χ4n) is 2.00. The molecule has 1 unspecified atom stereocenters. The fourth-order valence-corrected chi connectivity index (χ4v) is 2.00. The summed E-state index contributed by atoms with van der Waals surface area (Å²) in [6, 6.07) is 9.55. The van der Waals surface area contributed by atoms with Crippen LogP contribution in [0.5, 0.6) is 0 Å². The molecule has 0 aliphatic carbocycles. The van der Waals surface area contributed by atoms with Crippen molar-refractivity contribution in [2.75, 3.05) is 13.6 Å². The van der Waals surface area contributed by atoms with E-state index in [4.69, 9.17) is 21.3 Å². The van der Waals surface area contributed by atoms with Gasteiger partial charge in [0.15, 0.2) is 0 Å². The van der Waals surface area contributed by atoms with Gasteiger partial charge in [-0.05, 0) is 38.9 Å². The van der Waals surface area contributed by atoms with E-state index in [1.807, 2.05) is 32.2 Å². The highest BCUT2D eigenvalue weighted by molar-refractivity contribution is 5.93. The number of aryl methyl sites for hydroxylation is 1. The number of hydrogen-bond acceptors (Lipinski definition) is 5. The van der Waals surface area contributed by atoms with Crippen LogP contribution in [0, 0.1) is 10.8 Å². The zero-order valence-corrected chi connectivity index (χ0v) is 13.1. The molecule has 0 radical (unpaired) electrons. The molecule has 0 bridgehead atoms. The van der Waals surface area contributed by atoms with Crippen molar-refractivity contribution >= 4 is 11.8 Å². The van der Waals surface area contributed by atoms with E-state index < -0.39 is 6.04 Å². The van der Waals surface area contributed by atoms with Crippen LogP contribution in [-0.2, 0) is 11.2 Å². The molecule has 0 aliphatic rings. The average Bonchev–Trinajstić information content (AvgIpc) is 2.47. The Balaban J connectivity index is 2.67. The Labute approximate surface area is 127 Å². The summed E-state index contributed by atoms with van der Waals surface area (Å²) in [4.78, 5) is 2.06. The van der Waals surface area contributed by atoms with Gasteiger partial charge in [0, 0.05) is 0 Å². The van der Waals surface area contributed by atoms with Crippen molar-refractivity contribution in [3.05, 3.63) is 35.9 Å². The largest absolute Gasteiger partial charge is 0.426 e. The molecule has 0 saturated carbocycles. The van der Waals surface area contributed by atoms with Gasteiger partial charge in [-0.25, -0.2) is 0 Å². The first-order chi connectivity index (χ1) is 9.95. The zero-order chi connectivity index (χ0) is 15.8. The van der Waals surface area contributed by atoms with E-state index in [1.54, 1.807) is 6.92 Å². The number of hydrogen-bond donors (Lipinski definition) is 3. The molecule has 21 heavy (non-hydrogen) atoms. The van der Waals surface area contributed by atoms with Gasteiger partial charge in [-0.3, -0.25) is 15.7 Å². The van der Waals surface area contributed by atoms with Gasteiger partial charge in [-0.15, -0.1) is 0 Å². The predicted molar refractivity (Wildman–Crippen MR) is 87.0 cm³/mol. The van der Waals surface area contributed by atoms with Crippen LogP contribution in [0.25, 0.3) is 0 Å². The molecule has 5 nitrogen and oxygen atoms in total. The molecule has 0 fully saturated rings. The Bertz CT molecular complexity index is 459. The molecule has 1 rings (SSSR count). The number of ether oxygens (including phenoxy) is 1. The third kappa shape index (κ3) is 5.65. The lowest BCUT2D eigenvalue weighted by atomic mass is 10.0. The van der Waals surface area contributed by atoms with Crippen LogP contribution in [0.1, 0.15) is 25.8 Å². The van der Waals surface area contributed by atoms with Crippen LogP contribution in [0.4, 0.5) is 0 Å². The number of nitrogens with two attached hydrogens (primary N) is 1. The monoisotopic (exact) mass is 290 g/mol. The number of benzene rings is 1. The van der Waals surface area contributed by atoms with Crippen molar-refractivity contribution in [2.24, 2.45) is 5.73 Å². The van der Waals surface area contributed by atoms with Crippen molar-refractivity contribution in [3.8, 4) is 0 Å². The summed E-state index contributed by atoms with van der Waals surface area (Å²) >= 11 is 0. The molecule has 0 spiro atoms. The topological polar surface area (TPSA) is 86.2 Å². The Hall–Kier alpha value is -1.72. The van der Waals surface area contributed by atoms with Gasteiger partial charge < -0.3 is 10.5 Å². The lowest BCUT2D eigenvalue weighted by Gasteiger charge is -2.27. The lowest BCUT2D eigenvalue weighted by Crippen LogP contribution is -2.42. The summed E-state index contributed by atoms with van der Waals surface area (Å²) in [7, 11) is 1.96. The summed E-state index contributed by atoms with van der Waals surface area (Å²) in [5.74, 6) is 0.0341. The van der Waals surface area contributed by atoms with Crippen LogP contribution in [-0.4, -0.2) is 42.4 Å². The van der Waals surface area contributed by atoms with E-state index in [0.29, 0.717) is 0 Å². The maximum atomic E-state index is 8.11. The Kier molecular flexibility index (Phi) is 7.05. The van der Waals surface area contributed by atoms with Gasteiger partial charge in [0.2, 0.25) is 11.8 Å². The smallest absolute Gasteiger partial charge is 0.206 e. The van der Waals surface area contributed by atoms with E-state index in [-0.39, 0.29) is 17.8 Å². The normalized spacial score (nSPS) is 13.8. The van der Waals surface area contributed by atoms with Crippen LogP contribution in [0.15, 0.2) is 30.3 Å². The highest BCUT2D eigenvalue weighted by atomic mass is 16.5. The van der Waals surface area contributed by atoms with Crippen molar-refractivity contribution < 1.29 is 4.74 Å². The highest BCUT2D eigenvalue weighted by Gasteiger charge is 2.22. The number of nitrogens with one attached hydrogen (secondary N) is 2. The Morgan fingerprint density at radius 3 is 2.38 bits per heavy atom. The Morgan fingerprint density at radius 1 is 1.24 bits per heavy atom. The maximum absolute atomic E-state index is 8.11. The van der Waals surface area contributed by atoms with Gasteiger partial charge in [-0.2, -0.15) is 0 Å². The van der Waals surface area contributed by atoms with Crippen LogP contribution in [0.2, 0.25) is 0 Å². The molecule has 0 saturated heterocycles. The van der Waals surface area contributed by atoms with E-state index in [2.05, 4.69) is 17.0 Å². The number of likely N-dealkylation sites (N-methyl/N-ethyl adjacent to an activating group) is 1. The molecule has 0 aromatic heterocycles. The van der Waals surface area contributed by atoms with Gasteiger partial charge in [-0.1, -0.05) is 37.3 Å². The summed E-state index contributed by atoms with van der Waals surface area (Å²) in [5, 5.41) is 15.8. The zero-order valence-electron chi connectivity index (χ0n) is 13.1. The molecule has 116 valence electrons. The van der Waals surface area contributed by atoms with Gasteiger partial charge in [0.25, 0.3) is 0 Å². The number of nitrogens with zero attached hydrogens (tertiary/aromatic N) is 1. The summed E-state index contributed by atoms with van der Waals surface area (Å²) in [6.07, 6.45) is 1.65. The minimum Gasteiger partial charge on any atom is -0.426 e. The Morgan fingerprint density at radius 2 is 1.86 bits per heavy atom. The van der Waals surface area contributed by atoms with E-state index in [1.165, 1.54) is 5.56 Å². The molecular weight excluding hydrogens is 264 g/mol. The second kappa shape index (κ2) is 8.54. The third-order valence-corrected chi connectivity index (χ3v) is 3.52. The number of rotatable bonds is 7. The fraction of sp³-hybridized carbons (Fsp3) is 0.500. The summed E-state index contributed by atoms with van der Waals surface area (Å²) in [6.45, 7) is 4.54. The second-order valence-electron chi connectivity index (χ2n) is 5.23. The highest BCUT2D eigenvalue weighted by Crippen LogP contribution is 2.11. The summed E-state index contributed by atoms with van der Waals surface area (Å²) < 4.78 is 5.29. The minimum atomic E-state index is -0.493. The van der Waals surface area contributed by atoms with Crippen LogP contribution in [0.3, 0.4) is 0 Å². The first kappa shape index (κ1) is 17.3. The standard InChI is InChI=1S/C16H26N4O/c1-4-20(3)14(16(19)21-15(18)12(2)17)11-10-13-8-6-5-7-9-13/h5-9,12,14,18-19H,4,10-11,17H2,1-3H3/t12-,14?/m0/s1. The van der Waals surface area contributed by atoms with Crippen molar-refractivity contribution in [3.63, 3.8) is 0 Å². The van der Waals surface area contributed by atoms with Crippen molar-refractivity contribution in [1.29, 1.82) is 10.8 Å². The minimum absolute atomic E-state index is 0.0609. The first-order valence-corrected chi connectivity index (χ1v) is 7.30. The van der Waals surface area contributed by atoms with Crippen molar-refractivity contribution in [1.82, 2.24) is 4.90 Å². The van der Waals surface area contributed by atoms with Gasteiger partial charge >= 0.3 is 0 Å².